The number of carbonyl (C=O) groups excluding carboxylic acids is 1. The van der Waals surface area contributed by atoms with Crippen LogP contribution in [0.1, 0.15) is 20.8 Å². The molecule has 26 heavy (non-hydrogen) atoms. The molecule has 0 radical (unpaired) electrons. The lowest BCUT2D eigenvalue weighted by Crippen LogP contribution is -2.42. The molecule has 1 N–H and O–H groups in total. The van der Waals surface area contributed by atoms with Crippen LogP contribution in [0.25, 0.3) is 10.2 Å². The van der Waals surface area contributed by atoms with E-state index in [1.807, 2.05) is 25.1 Å². The quantitative estimate of drug-likeness (QED) is 0.632. The molecule has 1 aromatic heterocycles. The molecule has 0 atom stereocenters. The maximum atomic E-state index is 12.6. The van der Waals surface area contributed by atoms with Crippen molar-refractivity contribution in [3.8, 4) is 11.5 Å². The highest BCUT2D eigenvalue weighted by molar-refractivity contribution is 7.22. The third kappa shape index (κ3) is 4.26. The predicted octanol–water partition coefficient (Wildman–Crippen LogP) is 5.14. The van der Waals surface area contributed by atoms with E-state index in [9.17, 15) is 4.79 Å². The van der Waals surface area contributed by atoms with Crippen LogP contribution in [0, 0.1) is 0 Å². The summed E-state index contributed by atoms with van der Waals surface area (Å²) in [6.45, 7) is 5.95. The molecule has 0 fully saturated rings. The van der Waals surface area contributed by atoms with Crippen LogP contribution in [-0.2, 0) is 4.79 Å². The number of hydrogen-bond acceptors (Lipinski definition) is 5. The summed E-state index contributed by atoms with van der Waals surface area (Å²) in [4.78, 5) is 17.1. The zero-order chi connectivity index (χ0) is 18.7. The van der Waals surface area contributed by atoms with E-state index < -0.39 is 5.60 Å². The Hall–Kier alpha value is -2.31. The molecule has 0 aliphatic heterocycles. The Morgan fingerprint density at radius 3 is 2.58 bits per heavy atom. The largest absolute Gasteiger partial charge is 0.494 e. The van der Waals surface area contributed by atoms with Crippen molar-refractivity contribution >= 4 is 44.2 Å². The number of amides is 1. The third-order valence-corrected chi connectivity index (χ3v) is 4.81. The van der Waals surface area contributed by atoms with Crippen LogP contribution >= 0.6 is 22.9 Å². The molecule has 0 aliphatic carbocycles. The molecule has 0 spiro atoms. The summed E-state index contributed by atoms with van der Waals surface area (Å²) in [5.41, 5.74) is -0.257. The van der Waals surface area contributed by atoms with Crippen LogP contribution in [0.4, 0.5) is 5.13 Å². The van der Waals surface area contributed by atoms with Crippen molar-refractivity contribution in [3.05, 3.63) is 47.5 Å². The van der Waals surface area contributed by atoms with E-state index in [0.717, 1.165) is 16.0 Å². The number of anilines is 1. The van der Waals surface area contributed by atoms with Gasteiger partial charge in [0.15, 0.2) is 10.7 Å². The van der Waals surface area contributed by atoms with Gasteiger partial charge in [-0.2, -0.15) is 0 Å². The van der Waals surface area contributed by atoms with E-state index in [0.29, 0.717) is 22.5 Å². The van der Waals surface area contributed by atoms with Crippen LogP contribution < -0.4 is 14.8 Å². The van der Waals surface area contributed by atoms with Gasteiger partial charge in [0.2, 0.25) is 0 Å². The summed E-state index contributed by atoms with van der Waals surface area (Å²) in [6.07, 6.45) is 0. The number of halogens is 1. The van der Waals surface area contributed by atoms with Crippen molar-refractivity contribution in [3.63, 3.8) is 0 Å². The van der Waals surface area contributed by atoms with E-state index >= 15 is 0 Å². The van der Waals surface area contributed by atoms with Gasteiger partial charge in [0.05, 0.1) is 16.8 Å². The van der Waals surface area contributed by atoms with Crippen molar-refractivity contribution < 1.29 is 14.3 Å². The minimum Gasteiger partial charge on any atom is -0.494 e. The number of thiazole rings is 1. The molecule has 2 aromatic carbocycles. The fourth-order valence-electron chi connectivity index (χ4n) is 2.31. The fraction of sp³-hybridized carbons (Fsp3) is 0.263. The lowest BCUT2D eigenvalue weighted by molar-refractivity contribution is -0.128. The van der Waals surface area contributed by atoms with Gasteiger partial charge in [0.1, 0.15) is 11.5 Å². The number of rotatable bonds is 6. The Labute approximate surface area is 160 Å². The topological polar surface area (TPSA) is 60.5 Å². The first-order chi connectivity index (χ1) is 12.4. The zero-order valence-electron chi connectivity index (χ0n) is 14.7. The lowest BCUT2D eigenvalue weighted by Gasteiger charge is -2.24. The Morgan fingerprint density at radius 2 is 1.88 bits per heavy atom. The van der Waals surface area contributed by atoms with E-state index in [1.165, 1.54) is 11.3 Å². The molecule has 0 saturated carbocycles. The Balaban J connectivity index is 1.73. The summed E-state index contributed by atoms with van der Waals surface area (Å²) in [6, 6.07) is 12.5. The summed E-state index contributed by atoms with van der Waals surface area (Å²) < 4.78 is 12.2. The number of ether oxygens (including phenoxy) is 2. The molecule has 5 nitrogen and oxygen atoms in total. The number of fused-ring (bicyclic) bond motifs is 1. The monoisotopic (exact) mass is 390 g/mol. The van der Waals surface area contributed by atoms with Gasteiger partial charge in [-0.15, -0.1) is 0 Å². The highest BCUT2D eigenvalue weighted by atomic mass is 35.5. The van der Waals surface area contributed by atoms with Gasteiger partial charge < -0.3 is 9.47 Å². The molecule has 0 unspecified atom stereocenters. The Kier molecular flexibility index (Phi) is 5.34. The minimum absolute atomic E-state index is 0.281. The van der Waals surface area contributed by atoms with Crippen LogP contribution in [0.15, 0.2) is 42.5 Å². The van der Waals surface area contributed by atoms with Crippen LogP contribution in [-0.4, -0.2) is 23.1 Å². The van der Waals surface area contributed by atoms with Gasteiger partial charge in [-0.1, -0.05) is 22.9 Å². The second-order valence-corrected chi connectivity index (χ2v) is 7.57. The first-order valence-electron chi connectivity index (χ1n) is 8.17. The van der Waals surface area contributed by atoms with Crippen LogP contribution in [0.3, 0.4) is 0 Å². The van der Waals surface area contributed by atoms with Crippen LogP contribution in [0.2, 0.25) is 5.02 Å². The number of aromatic nitrogens is 1. The maximum Gasteiger partial charge on any atom is 0.269 e. The zero-order valence-corrected chi connectivity index (χ0v) is 16.3. The van der Waals surface area contributed by atoms with E-state index in [2.05, 4.69) is 10.3 Å². The van der Waals surface area contributed by atoms with Crippen molar-refractivity contribution in [2.75, 3.05) is 11.9 Å². The van der Waals surface area contributed by atoms with E-state index in [-0.39, 0.29) is 5.91 Å². The number of nitrogens with one attached hydrogen (secondary N) is 1. The standard InChI is InChI=1S/C19H19ClN2O3S/c1-4-24-14-9-10-15-16(11-14)26-18(21-15)22-17(23)19(2,3)25-13-7-5-12(20)6-8-13/h5-11H,4H2,1-3H3,(H,21,22,23). The molecule has 0 bridgehead atoms. The second-order valence-electron chi connectivity index (χ2n) is 6.10. The molecule has 1 amide bonds. The average molecular weight is 391 g/mol. The molecule has 3 aromatic rings. The third-order valence-electron chi connectivity index (χ3n) is 3.62. The predicted molar refractivity (Wildman–Crippen MR) is 106 cm³/mol. The fourth-order valence-corrected chi connectivity index (χ4v) is 3.32. The highest BCUT2D eigenvalue weighted by Crippen LogP contribution is 2.30. The van der Waals surface area contributed by atoms with Crippen molar-refractivity contribution in [1.82, 2.24) is 4.98 Å². The number of nitrogens with zero attached hydrogens (tertiary/aromatic N) is 1. The first kappa shape index (κ1) is 18.5. The van der Waals surface area contributed by atoms with E-state index in [4.69, 9.17) is 21.1 Å². The van der Waals surface area contributed by atoms with Gasteiger partial charge in [0, 0.05) is 5.02 Å². The summed E-state index contributed by atoms with van der Waals surface area (Å²) >= 11 is 7.27. The first-order valence-corrected chi connectivity index (χ1v) is 9.36. The molecule has 3 rings (SSSR count). The van der Waals surface area contributed by atoms with Crippen molar-refractivity contribution in [1.29, 1.82) is 0 Å². The number of hydrogen-bond donors (Lipinski definition) is 1. The van der Waals surface area contributed by atoms with Gasteiger partial charge in [-0.25, -0.2) is 4.98 Å². The smallest absolute Gasteiger partial charge is 0.269 e. The average Bonchev–Trinajstić information content (AvgIpc) is 2.98. The minimum atomic E-state index is -1.07. The molecule has 136 valence electrons. The molecule has 0 saturated heterocycles. The van der Waals surface area contributed by atoms with Gasteiger partial charge in [-0.3, -0.25) is 10.1 Å². The number of carbonyl (C=O) groups is 1. The van der Waals surface area contributed by atoms with Crippen molar-refractivity contribution in [2.24, 2.45) is 0 Å². The van der Waals surface area contributed by atoms with Gasteiger partial charge in [-0.05, 0) is 63.2 Å². The van der Waals surface area contributed by atoms with E-state index in [1.54, 1.807) is 38.1 Å². The summed E-state index contributed by atoms with van der Waals surface area (Å²) in [5.74, 6) is 1.07. The maximum absolute atomic E-state index is 12.6. The summed E-state index contributed by atoms with van der Waals surface area (Å²) in [7, 11) is 0. The molecule has 7 heteroatoms. The molecule has 0 aliphatic rings. The molecular formula is C19H19ClN2O3S. The molecule has 1 heterocycles. The normalized spacial score (nSPS) is 11.4. The number of benzene rings is 2. The van der Waals surface area contributed by atoms with Gasteiger partial charge in [0.25, 0.3) is 5.91 Å². The van der Waals surface area contributed by atoms with Crippen molar-refractivity contribution in [2.45, 2.75) is 26.4 Å². The Morgan fingerprint density at radius 1 is 1.19 bits per heavy atom. The Bertz CT molecular complexity index is 922. The van der Waals surface area contributed by atoms with Crippen LogP contribution in [0.5, 0.6) is 11.5 Å². The van der Waals surface area contributed by atoms with Gasteiger partial charge >= 0.3 is 0 Å². The second kappa shape index (κ2) is 7.51. The summed E-state index contributed by atoms with van der Waals surface area (Å²) in [5, 5.41) is 3.96. The highest BCUT2D eigenvalue weighted by Gasteiger charge is 2.30. The molecular weight excluding hydrogens is 372 g/mol. The SMILES string of the molecule is CCOc1ccc2nc(NC(=O)C(C)(C)Oc3ccc(Cl)cc3)sc2c1. The lowest BCUT2D eigenvalue weighted by atomic mass is 10.1.